The van der Waals surface area contributed by atoms with Crippen molar-refractivity contribution >= 4 is 17.3 Å². The molecule has 20 heavy (non-hydrogen) atoms. The van der Waals surface area contributed by atoms with Crippen LogP contribution in [-0.2, 0) is 6.54 Å². The lowest BCUT2D eigenvalue weighted by atomic mass is 10.1. The molecule has 6 heteroatoms. The summed E-state index contributed by atoms with van der Waals surface area (Å²) >= 11 is 0. The Balaban J connectivity index is 2.04. The number of methoxy groups -OCH3 is 1. The van der Waals surface area contributed by atoms with Crippen LogP contribution in [0.25, 0.3) is 0 Å². The molecule has 1 heterocycles. The third-order valence-corrected chi connectivity index (χ3v) is 2.70. The highest BCUT2D eigenvalue weighted by molar-refractivity contribution is 5.96. The number of nitrogen functional groups attached to an aromatic ring is 2. The molecular weight excluding hydrogens is 256 g/mol. The van der Waals surface area contributed by atoms with E-state index in [0.29, 0.717) is 29.4 Å². The Kier molecular flexibility index (Phi) is 4.05. The molecule has 2 rings (SSSR count). The Bertz CT molecular complexity index is 608. The van der Waals surface area contributed by atoms with Gasteiger partial charge in [0.2, 0.25) is 5.88 Å². The van der Waals surface area contributed by atoms with Gasteiger partial charge in [-0.05, 0) is 29.8 Å². The van der Waals surface area contributed by atoms with Crippen LogP contribution in [-0.4, -0.2) is 18.0 Å². The highest BCUT2D eigenvalue weighted by Gasteiger charge is 2.07. The summed E-state index contributed by atoms with van der Waals surface area (Å²) in [7, 11) is 1.54. The Morgan fingerprint density at radius 2 is 1.95 bits per heavy atom. The maximum absolute atomic E-state index is 12.0. The number of aromatic nitrogens is 1. The minimum Gasteiger partial charge on any atom is -0.481 e. The van der Waals surface area contributed by atoms with Crippen molar-refractivity contribution in [3.8, 4) is 5.88 Å². The van der Waals surface area contributed by atoms with Crippen LogP contribution in [0.1, 0.15) is 15.9 Å². The molecule has 1 amide bonds. The van der Waals surface area contributed by atoms with E-state index in [1.54, 1.807) is 43.6 Å². The van der Waals surface area contributed by atoms with Crippen molar-refractivity contribution in [3.05, 3.63) is 47.7 Å². The van der Waals surface area contributed by atoms with Crippen molar-refractivity contribution in [1.82, 2.24) is 10.3 Å². The van der Waals surface area contributed by atoms with Crippen LogP contribution < -0.4 is 21.5 Å². The van der Waals surface area contributed by atoms with Gasteiger partial charge in [-0.15, -0.1) is 0 Å². The van der Waals surface area contributed by atoms with E-state index in [-0.39, 0.29) is 5.91 Å². The van der Waals surface area contributed by atoms with Gasteiger partial charge < -0.3 is 21.5 Å². The quantitative estimate of drug-likeness (QED) is 0.725. The molecule has 1 aromatic heterocycles. The second-order valence-electron chi connectivity index (χ2n) is 4.28. The summed E-state index contributed by atoms with van der Waals surface area (Å²) < 4.78 is 5.02. The maximum atomic E-state index is 12.0. The van der Waals surface area contributed by atoms with Gasteiger partial charge in [-0.2, -0.15) is 0 Å². The van der Waals surface area contributed by atoms with Gasteiger partial charge in [0.1, 0.15) is 0 Å². The van der Waals surface area contributed by atoms with Gasteiger partial charge in [-0.25, -0.2) is 4.98 Å². The lowest BCUT2D eigenvalue weighted by Gasteiger charge is -2.08. The number of ether oxygens (including phenoxy) is 1. The Morgan fingerprint density at radius 3 is 2.60 bits per heavy atom. The molecule has 0 radical (unpaired) electrons. The number of benzene rings is 1. The minimum absolute atomic E-state index is 0.236. The molecule has 1 aromatic carbocycles. The Labute approximate surface area is 116 Å². The largest absolute Gasteiger partial charge is 0.481 e. The van der Waals surface area contributed by atoms with E-state index in [4.69, 9.17) is 16.2 Å². The first-order valence-electron chi connectivity index (χ1n) is 6.01. The van der Waals surface area contributed by atoms with E-state index in [9.17, 15) is 4.79 Å². The summed E-state index contributed by atoms with van der Waals surface area (Å²) in [4.78, 5) is 16.0. The topological polar surface area (TPSA) is 103 Å². The predicted octanol–water partition coefficient (Wildman–Crippen LogP) is 1.18. The lowest BCUT2D eigenvalue weighted by molar-refractivity contribution is 0.0951. The van der Waals surface area contributed by atoms with Crippen LogP contribution in [0.5, 0.6) is 5.88 Å². The van der Waals surface area contributed by atoms with Crippen LogP contribution in [0.3, 0.4) is 0 Å². The molecule has 0 saturated heterocycles. The number of hydrogen-bond acceptors (Lipinski definition) is 5. The van der Waals surface area contributed by atoms with Gasteiger partial charge in [0.15, 0.2) is 0 Å². The summed E-state index contributed by atoms with van der Waals surface area (Å²) in [6, 6.07) is 8.33. The zero-order valence-electron chi connectivity index (χ0n) is 11.1. The molecular formula is C14H16N4O2. The monoisotopic (exact) mass is 272 g/mol. The first-order valence-corrected chi connectivity index (χ1v) is 6.01. The van der Waals surface area contributed by atoms with Gasteiger partial charge >= 0.3 is 0 Å². The average Bonchev–Trinajstić information content (AvgIpc) is 2.44. The van der Waals surface area contributed by atoms with E-state index >= 15 is 0 Å². The first-order chi connectivity index (χ1) is 9.58. The molecule has 0 spiro atoms. The number of rotatable bonds is 4. The van der Waals surface area contributed by atoms with Gasteiger partial charge in [0.25, 0.3) is 5.91 Å². The van der Waals surface area contributed by atoms with E-state index in [2.05, 4.69) is 10.3 Å². The summed E-state index contributed by atoms with van der Waals surface area (Å²) in [6.45, 7) is 0.367. The summed E-state index contributed by atoms with van der Waals surface area (Å²) in [6.07, 6.45) is 1.62. The third-order valence-electron chi connectivity index (χ3n) is 2.70. The predicted molar refractivity (Wildman–Crippen MR) is 77.2 cm³/mol. The number of carbonyl (C=O) groups excluding carboxylic acids is 1. The molecule has 0 bridgehead atoms. The normalized spacial score (nSPS) is 10.1. The Morgan fingerprint density at radius 1 is 1.25 bits per heavy atom. The summed E-state index contributed by atoms with van der Waals surface area (Å²) in [5, 5.41) is 2.79. The number of carbonyl (C=O) groups is 1. The molecule has 0 saturated carbocycles. The number of nitrogens with zero attached hydrogens (tertiary/aromatic N) is 1. The van der Waals surface area contributed by atoms with Crippen molar-refractivity contribution in [2.75, 3.05) is 18.6 Å². The zero-order valence-corrected chi connectivity index (χ0v) is 11.1. The molecule has 0 aliphatic carbocycles. The van der Waals surface area contributed by atoms with Crippen molar-refractivity contribution < 1.29 is 9.53 Å². The van der Waals surface area contributed by atoms with Crippen LogP contribution in [0.15, 0.2) is 36.5 Å². The van der Waals surface area contributed by atoms with E-state index < -0.39 is 0 Å². The van der Waals surface area contributed by atoms with Crippen molar-refractivity contribution in [3.63, 3.8) is 0 Å². The molecule has 0 atom stereocenters. The van der Waals surface area contributed by atoms with Crippen LogP contribution >= 0.6 is 0 Å². The average molecular weight is 272 g/mol. The molecule has 0 aliphatic rings. The van der Waals surface area contributed by atoms with Gasteiger partial charge in [-0.1, -0.05) is 0 Å². The maximum Gasteiger partial charge on any atom is 0.251 e. The molecule has 5 N–H and O–H groups in total. The highest BCUT2D eigenvalue weighted by atomic mass is 16.5. The number of nitrogens with two attached hydrogens (primary N) is 2. The molecule has 0 fully saturated rings. The van der Waals surface area contributed by atoms with Gasteiger partial charge in [0, 0.05) is 35.7 Å². The fourth-order valence-electron chi connectivity index (χ4n) is 1.76. The molecule has 0 unspecified atom stereocenters. The van der Waals surface area contributed by atoms with E-state index in [1.807, 2.05) is 0 Å². The van der Waals surface area contributed by atoms with E-state index in [1.165, 1.54) is 0 Å². The minimum atomic E-state index is -0.236. The molecule has 2 aromatic rings. The summed E-state index contributed by atoms with van der Waals surface area (Å²) in [5.74, 6) is 0.268. The Hall–Kier alpha value is -2.76. The van der Waals surface area contributed by atoms with Crippen LogP contribution in [0.2, 0.25) is 0 Å². The second kappa shape index (κ2) is 5.92. The first kappa shape index (κ1) is 13.7. The number of amides is 1. The van der Waals surface area contributed by atoms with Crippen molar-refractivity contribution in [2.45, 2.75) is 6.54 Å². The lowest BCUT2D eigenvalue weighted by Crippen LogP contribution is -2.23. The highest BCUT2D eigenvalue weighted by Crippen LogP contribution is 2.14. The second-order valence-corrected chi connectivity index (χ2v) is 4.28. The zero-order chi connectivity index (χ0) is 14.5. The van der Waals surface area contributed by atoms with Crippen LogP contribution in [0, 0.1) is 0 Å². The molecule has 104 valence electrons. The van der Waals surface area contributed by atoms with Crippen molar-refractivity contribution in [2.24, 2.45) is 0 Å². The third kappa shape index (κ3) is 3.38. The van der Waals surface area contributed by atoms with Crippen LogP contribution in [0.4, 0.5) is 11.4 Å². The van der Waals surface area contributed by atoms with E-state index in [0.717, 1.165) is 5.56 Å². The standard InChI is InChI=1S/C14H16N4O2/c1-20-13-4-9(2-3-17-13)8-18-14(19)10-5-11(15)7-12(16)6-10/h2-7H,8,15-16H2,1H3,(H,18,19). The summed E-state index contributed by atoms with van der Waals surface area (Å²) in [5.41, 5.74) is 13.6. The SMILES string of the molecule is COc1cc(CNC(=O)c2cc(N)cc(N)c2)ccn1. The van der Waals surface area contributed by atoms with Crippen molar-refractivity contribution in [1.29, 1.82) is 0 Å². The fraction of sp³-hybridized carbons (Fsp3) is 0.143. The van der Waals surface area contributed by atoms with Gasteiger partial charge in [-0.3, -0.25) is 4.79 Å². The fourth-order valence-corrected chi connectivity index (χ4v) is 1.76. The number of pyridine rings is 1. The molecule has 6 nitrogen and oxygen atoms in total. The molecule has 0 aliphatic heterocycles. The number of hydrogen-bond donors (Lipinski definition) is 3. The van der Waals surface area contributed by atoms with Gasteiger partial charge in [0.05, 0.1) is 7.11 Å². The number of nitrogens with one attached hydrogen (secondary N) is 1. The number of anilines is 2. The smallest absolute Gasteiger partial charge is 0.251 e.